The van der Waals surface area contributed by atoms with Crippen LogP contribution >= 0.6 is 0 Å². The number of hydrogen-bond donors (Lipinski definition) is 2. The van der Waals surface area contributed by atoms with Crippen LogP contribution < -0.4 is 20.3 Å². The van der Waals surface area contributed by atoms with Gasteiger partial charge in [-0.25, -0.2) is 4.98 Å². The summed E-state index contributed by atoms with van der Waals surface area (Å²) in [6, 6.07) is 4.54. The molecule has 2 aromatic heterocycles. The Morgan fingerprint density at radius 3 is 2.70 bits per heavy atom. The van der Waals surface area contributed by atoms with Crippen molar-refractivity contribution in [1.29, 1.82) is 0 Å². The van der Waals surface area contributed by atoms with E-state index in [0.29, 0.717) is 29.3 Å². The summed E-state index contributed by atoms with van der Waals surface area (Å²) in [6.07, 6.45) is 3.04. The standard InChI is InChI=1S/C16H19N3O4/c1-4-5-11-6-10(7-14(20)18-11)15(21)19-12-8-13(22-2)16(23-3)17-9-12/h6-9H,4-5H2,1-3H3,(H,18,20)(H,19,21). The third-order valence-electron chi connectivity index (χ3n) is 3.17. The molecule has 2 aromatic rings. The van der Waals surface area contributed by atoms with Crippen LogP contribution in [0.4, 0.5) is 5.69 Å². The number of pyridine rings is 2. The van der Waals surface area contributed by atoms with Gasteiger partial charge in [0.05, 0.1) is 26.1 Å². The Labute approximate surface area is 133 Å². The number of hydrogen-bond acceptors (Lipinski definition) is 5. The predicted molar refractivity (Wildman–Crippen MR) is 86.4 cm³/mol. The van der Waals surface area contributed by atoms with Crippen molar-refractivity contribution < 1.29 is 14.3 Å². The minimum atomic E-state index is -0.387. The van der Waals surface area contributed by atoms with E-state index >= 15 is 0 Å². The molecule has 2 heterocycles. The molecule has 0 fully saturated rings. The van der Waals surface area contributed by atoms with E-state index in [1.165, 1.54) is 26.5 Å². The molecule has 23 heavy (non-hydrogen) atoms. The van der Waals surface area contributed by atoms with Gasteiger partial charge in [0.2, 0.25) is 5.56 Å². The summed E-state index contributed by atoms with van der Waals surface area (Å²) in [5.74, 6) is 0.345. The summed E-state index contributed by atoms with van der Waals surface area (Å²) in [4.78, 5) is 30.7. The van der Waals surface area contributed by atoms with Crippen molar-refractivity contribution in [2.24, 2.45) is 0 Å². The number of carbonyl (C=O) groups excluding carboxylic acids is 1. The summed E-state index contributed by atoms with van der Waals surface area (Å²) < 4.78 is 10.2. The van der Waals surface area contributed by atoms with Crippen LogP contribution in [0.2, 0.25) is 0 Å². The summed E-state index contributed by atoms with van der Waals surface area (Å²) in [5.41, 5.74) is 1.18. The van der Waals surface area contributed by atoms with Crippen LogP contribution in [-0.4, -0.2) is 30.1 Å². The second-order valence-electron chi connectivity index (χ2n) is 4.90. The van der Waals surface area contributed by atoms with Gasteiger partial charge < -0.3 is 19.8 Å². The lowest BCUT2D eigenvalue weighted by atomic mass is 10.1. The van der Waals surface area contributed by atoms with Crippen LogP contribution in [0.3, 0.4) is 0 Å². The van der Waals surface area contributed by atoms with Crippen molar-refractivity contribution >= 4 is 11.6 Å². The number of amides is 1. The van der Waals surface area contributed by atoms with Gasteiger partial charge in [-0.15, -0.1) is 0 Å². The molecular weight excluding hydrogens is 298 g/mol. The van der Waals surface area contributed by atoms with Crippen LogP contribution in [0.25, 0.3) is 0 Å². The predicted octanol–water partition coefficient (Wildman–Crippen LogP) is 1.99. The van der Waals surface area contributed by atoms with Crippen molar-refractivity contribution in [3.05, 3.63) is 46.0 Å². The normalized spacial score (nSPS) is 10.2. The van der Waals surface area contributed by atoms with Gasteiger partial charge in [0.1, 0.15) is 0 Å². The van der Waals surface area contributed by atoms with Gasteiger partial charge in [-0.2, -0.15) is 0 Å². The molecule has 7 heteroatoms. The van der Waals surface area contributed by atoms with E-state index in [2.05, 4.69) is 15.3 Å². The first-order valence-corrected chi connectivity index (χ1v) is 7.20. The zero-order valence-corrected chi connectivity index (χ0v) is 13.3. The quantitative estimate of drug-likeness (QED) is 0.850. The second-order valence-corrected chi connectivity index (χ2v) is 4.90. The van der Waals surface area contributed by atoms with E-state index in [9.17, 15) is 9.59 Å². The Hall–Kier alpha value is -2.83. The highest BCUT2D eigenvalue weighted by Gasteiger charge is 2.11. The number of rotatable bonds is 6. The fourth-order valence-electron chi connectivity index (χ4n) is 2.14. The lowest BCUT2D eigenvalue weighted by molar-refractivity contribution is 0.102. The maximum Gasteiger partial charge on any atom is 0.256 e. The average Bonchev–Trinajstić information content (AvgIpc) is 2.54. The van der Waals surface area contributed by atoms with E-state index in [4.69, 9.17) is 9.47 Å². The Morgan fingerprint density at radius 1 is 1.26 bits per heavy atom. The third kappa shape index (κ3) is 4.09. The van der Waals surface area contributed by atoms with Crippen molar-refractivity contribution in [2.75, 3.05) is 19.5 Å². The van der Waals surface area contributed by atoms with Crippen LogP contribution in [0, 0.1) is 0 Å². The van der Waals surface area contributed by atoms with Gasteiger partial charge in [0.25, 0.3) is 11.8 Å². The van der Waals surface area contributed by atoms with Crippen molar-refractivity contribution in [3.63, 3.8) is 0 Å². The van der Waals surface area contributed by atoms with E-state index in [1.54, 1.807) is 12.1 Å². The monoisotopic (exact) mass is 317 g/mol. The first kappa shape index (κ1) is 16.5. The van der Waals surface area contributed by atoms with Crippen LogP contribution in [-0.2, 0) is 6.42 Å². The molecule has 0 aliphatic rings. The van der Waals surface area contributed by atoms with Crippen LogP contribution in [0.1, 0.15) is 29.4 Å². The highest BCUT2D eigenvalue weighted by Crippen LogP contribution is 2.26. The minimum absolute atomic E-state index is 0.298. The molecule has 0 saturated heterocycles. The smallest absolute Gasteiger partial charge is 0.256 e. The molecule has 0 saturated carbocycles. The van der Waals surface area contributed by atoms with Gasteiger partial charge in [0.15, 0.2) is 5.75 Å². The molecule has 1 amide bonds. The molecule has 0 aliphatic heterocycles. The molecule has 7 nitrogen and oxygen atoms in total. The fraction of sp³-hybridized carbons (Fsp3) is 0.312. The zero-order chi connectivity index (χ0) is 16.8. The Morgan fingerprint density at radius 2 is 2.04 bits per heavy atom. The number of aromatic amines is 1. The number of anilines is 1. The second kappa shape index (κ2) is 7.44. The van der Waals surface area contributed by atoms with Crippen molar-refractivity contribution in [3.8, 4) is 11.6 Å². The molecule has 0 spiro atoms. The molecule has 0 radical (unpaired) electrons. The highest BCUT2D eigenvalue weighted by atomic mass is 16.5. The molecular formula is C16H19N3O4. The van der Waals surface area contributed by atoms with E-state index < -0.39 is 0 Å². The van der Waals surface area contributed by atoms with Crippen molar-refractivity contribution in [1.82, 2.24) is 9.97 Å². The number of methoxy groups -OCH3 is 2. The third-order valence-corrected chi connectivity index (χ3v) is 3.17. The number of carbonyl (C=O) groups is 1. The maximum atomic E-state index is 12.3. The van der Waals surface area contributed by atoms with Gasteiger partial charge in [-0.3, -0.25) is 9.59 Å². The van der Waals surface area contributed by atoms with Gasteiger partial charge in [0, 0.05) is 23.4 Å². The molecule has 0 aliphatic carbocycles. The van der Waals surface area contributed by atoms with E-state index in [0.717, 1.165) is 12.1 Å². The SMILES string of the molecule is CCCc1cc(C(=O)Nc2cnc(OC)c(OC)c2)cc(=O)[nH]1. The lowest BCUT2D eigenvalue weighted by Gasteiger charge is -2.10. The number of nitrogens with one attached hydrogen (secondary N) is 2. The van der Waals surface area contributed by atoms with Crippen LogP contribution in [0.5, 0.6) is 11.6 Å². The molecule has 0 bridgehead atoms. The number of aromatic nitrogens is 2. The van der Waals surface area contributed by atoms with Crippen LogP contribution in [0.15, 0.2) is 29.2 Å². The number of nitrogens with zero attached hydrogens (tertiary/aromatic N) is 1. The summed E-state index contributed by atoms with van der Waals surface area (Å²) in [6.45, 7) is 2.00. The van der Waals surface area contributed by atoms with E-state index in [-0.39, 0.29) is 11.5 Å². The summed E-state index contributed by atoms with van der Waals surface area (Å²) in [7, 11) is 2.97. The highest BCUT2D eigenvalue weighted by molar-refractivity contribution is 6.04. The molecule has 0 unspecified atom stereocenters. The fourth-order valence-corrected chi connectivity index (χ4v) is 2.14. The Kier molecular flexibility index (Phi) is 5.35. The van der Waals surface area contributed by atoms with Crippen molar-refractivity contribution in [2.45, 2.75) is 19.8 Å². The van der Waals surface area contributed by atoms with E-state index in [1.807, 2.05) is 6.92 Å². The number of aryl methyl sites for hydroxylation is 1. The van der Waals surface area contributed by atoms with Gasteiger partial charge >= 0.3 is 0 Å². The number of H-pyrrole nitrogens is 1. The maximum absolute atomic E-state index is 12.3. The largest absolute Gasteiger partial charge is 0.491 e. The molecule has 2 N–H and O–H groups in total. The Balaban J connectivity index is 2.23. The molecule has 122 valence electrons. The first-order valence-electron chi connectivity index (χ1n) is 7.20. The topological polar surface area (TPSA) is 93.3 Å². The summed E-state index contributed by atoms with van der Waals surface area (Å²) in [5, 5.41) is 2.69. The first-order chi connectivity index (χ1) is 11.1. The minimum Gasteiger partial charge on any atom is -0.491 e. The van der Waals surface area contributed by atoms with Gasteiger partial charge in [-0.05, 0) is 12.5 Å². The summed E-state index contributed by atoms with van der Waals surface area (Å²) >= 11 is 0. The van der Waals surface area contributed by atoms with Gasteiger partial charge in [-0.1, -0.05) is 13.3 Å². The molecule has 0 aromatic carbocycles. The Bertz CT molecular complexity index is 755. The molecule has 2 rings (SSSR count). The molecule has 0 atom stereocenters. The zero-order valence-electron chi connectivity index (χ0n) is 13.3. The number of ether oxygens (including phenoxy) is 2. The average molecular weight is 317 g/mol. The lowest BCUT2D eigenvalue weighted by Crippen LogP contribution is -2.17.